The van der Waals surface area contributed by atoms with Crippen molar-refractivity contribution in [1.29, 1.82) is 0 Å². The minimum Gasteiger partial charge on any atom is -0.480 e. The lowest BCUT2D eigenvalue weighted by Crippen LogP contribution is -2.34. The minimum atomic E-state index is -1.22. The highest BCUT2D eigenvalue weighted by atomic mass is 16.4. The molecule has 0 saturated heterocycles. The summed E-state index contributed by atoms with van der Waals surface area (Å²) in [5.74, 6) is -2.03. The van der Waals surface area contributed by atoms with Gasteiger partial charge in [0.05, 0.1) is 5.56 Å². The lowest BCUT2D eigenvalue weighted by atomic mass is 9.73. The average molecular weight is 335 g/mol. The predicted octanol–water partition coefficient (Wildman–Crippen LogP) is 3.33. The molecule has 0 saturated carbocycles. The first kappa shape index (κ1) is 16.5. The maximum atomic E-state index is 12.0. The first-order valence-corrected chi connectivity index (χ1v) is 7.75. The lowest BCUT2D eigenvalue weighted by Gasteiger charge is -2.29. The van der Waals surface area contributed by atoms with Gasteiger partial charge in [0, 0.05) is 11.3 Å². The van der Waals surface area contributed by atoms with E-state index in [0.717, 1.165) is 11.1 Å². The molecule has 5 nitrogen and oxygen atoms in total. The molecule has 0 fully saturated rings. The van der Waals surface area contributed by atoms with E-state index in [0.29, 0.717) is 11.3 Å². The number of benzene rings is 2. The van der Waals surface area contributed by atoms with Crippen molar-refractivity contribution in [2.45, 2.75) is 11.8 Å². The van der Waals surface area contributed by atoms with Crippen molar-refractivity contribution in [3.05, 3.63) is 83.4 Å². The van der Waals surface area contributed by atoms with E-state index in [1.54, 1.807) is 30.4 Å². The molecule has 4 N–H and O–H groups in total. The number of para-hydroxylation sites is 1. The highest BCUT2D eigenvalue weighted by Crippen LogP contribution is 2.38. The van der Waals surface area contributed by atoms with Crippen molar-refractivity contribution in [1.82, 2.24) is 0 Å². The zero-order valence-electron chi connectivity index (χ0n) is 13.3. The minimum absolute atomic E-state index is 0.123. The molecule has 1 atom stereocenters. The number of carboxylic acid groups (broad SMARTS) is 2. The van der Waals surface area contributed by atoms with Gasteiger partial charge in [-0.15, -0.1) is 0 Å². The Morgan fingerprint density at radius 1 is 1.00 bits per heavy atom. The van der Waals surface area contributed by atoms with Crippen LogP contribution in [0.2, 0.25) is 0 Å². The third-order valence-corrected chi connectivity index (χ3v) is 4.49. The van der Waals surface area contributed by atoms with Gasteiger partial charge >= 0.3 is 11.9 Å². The number of aliphatic carboxylic acids is 1. The first-order valence-electron chi connectivity index (χ1n) is 7.75. The molecule has 25 heavy (non-hydrogen) atoms. The molecule has 5 heteroatoms. The zero-order chi connectivity index (χ0) is 18.0. The van der Waals surface area contributed by atoms with Gasteiger partial charge < -0.3 is 15.9 Å². The number of hydrogen-bond donors (Lipinski definition) is 3. The molecule has 0 radical (unpaired) electrons. The van der Waals surface area contributed by atoms with E-state index in [4.69, 9.17) is 10.8 Å². The molecule has 2 aromatic rings. The molecule has 1 aliphatic rings. The second kappa shape index (κ2) is 6.28. The van der Waals surface area contributed by atoms with Crippen molar-refractivity contribution in [2.75, 3.05) is 5.73 Å². The van der Waals surface area contributed by atoms with Gasteiger partial charge in [0.15, 0.2) is 0 Å². The van der Waals surface area contributed by atoms with Crippen LogP contribution in [-0.2, 0) is 10.2 Å². The van der Waals surface area contributed by atoms with E-state index >= 15 is 0 Å². The van der Waals surface area contributed by atoms with Crippen LogP contribution in [0.1, 0.15) is 27.9 Å². The Morgan fingerprint density at radius 2 is 1.68 bits per heavy atom. The summed E-state index contributed by atoms with van der Waals surface area (Å²) in [5, 5.41) is 18.8. The third kappa shape index (κ3) is 2.92. The van der Waals surface area contributed by atoms with Gasteiger partial charge in [-0.1, -0.05) is 48.6 Å². The third-order valence-electron chi connectivity index (χ3n) is 4.49. The molecular formula is C20H17NO4. The summed E-state index contributed by atoms with van der Waals surface area (Å²) in [5.41, 5.74) is 7.80. The summed E-state index contributed by atoms with van der Waals surface area (Å²) in [4.78, 5) is 23.0. The Bertz CT molecular complexity index is 896. The van der Waals surface area contributed by atoms with E-state index in [-0.39, 0.29) is 12.0 Å². The molecule has 2 aromatic carbocycles. The molecule has 0 spiro atoms. The van der Waals surface area contributed by atoms with Crippen molar-refractivity contribution in [2.24, 2.45) is 0 Å². The number of rotatable bonds is 4. The molecule has 0 aliphatic heterocycles. The Kier molecular flexibility index (Phi) is 4.15. The molecule has 1 unspecified atom stereocenters. The number of carboxylic acids is 2. The van der Waals surface area contributed by atoms with Crippen molar-refractivity contribution in [3.8, 4) is 0 Å². The average Bonchev–Trinajstić information content (AvgIpc) is 2.62. The van der Waals surface area contributed by atoms with Gasteiger partial charge in [-0.25, -0.2) is 4.79 Å². The fourth-order valence-corrected chi connectivity index (χ4v) is 3.01. The Labute approximate surface area is 144 Å². The lowest BCUT2D eigenvalue weighted by molar-refractivity contribution is -0.141. The van der Waals surface area contributed by atoms with E-state index in [9.17, 15) is 14.7 Å². The number of nitrogen functional groups attached to an aromatic ring is 1. The van der Waals surface area contributed by atoms with Crippen LogP contribution in [0.5, 0.6) is 0 Å². The van der Waals surface area contributed by atoms with E-state index in [1.165, 1.54) is 12.1 Å². The molecule has 0 amide bonds. The summed E-state index contributed by atoms with van der Waals surface area (Å²) in [6.07, 6.45) is 5.52. The maximum Gasteiger partial charge on any atom is 0.335 e. The molecule has 0 bridgehead atoms. The van der Waals surface area contributed by atoms with Crippen LogP contribution in [0.4, 0.5) is 5.69 Å². The van der Waals surface area contributed by atoms with Crippen LogP contribution in [0.15, 0.2) is 66.8 Å². The maximum absolute atomic E-state index is 12.0. The van der Waals surface area contributed by atoms with Crippen LogP contribution in [0.3, 0.4) is 0 Å². The second-order valence-electron chi connectivity index (χ2n) is 5.94. The van der Waals surface area contributed by atoms with E-state index in [1.807, 2.05) is 24.3 Å². The molecule has 3 rings (SSSR count). The van der Waals surface area contributed by atoms with Crippen LogP contribution < -0.4 is 5.73 Å². The molecule has 1 aliphatic carbocycles. The van der Waals surface area contributed by atoms with Crippen LogP contribution in [0, 0.1) is 0 Å². The normalized spacial score (nSPS) is 19.3. The monoisotopic (exact) mass is 335 g/mol. The standard InChI is InChI=1S/C20H17NO4/c21-17-4-2-1-3-16(17)13-9-11-20(12-10-13,19(24)25)15-7-5-14(6-8-15)18(22)23/h1-11H,12,21H2,(H,22,23)(H,24,25). The SMILES string of the molecule is Nc1ccccc1C1=CCC(C(=O)O)(c2ccc(C(=O)O)cc2)C=C1. The number of anilines is 1. The first-order chi connectivity index (χ1) is 11.9. The highest BCUT2D eigenvalue weighted by Gasteiger charge is 2.38. The van der Waals surface area contributed by atoms with Crippen molar-refractivity contribution < 1.29 is 19.8 Å². The Hall–Kier alpha value is -3.34. The molecule has 126 valence electrons. The van der Waals surface area contributed by atoms with E-state index in [2.05, 4.69) is 0 Å². The van der Waals surface area contributed by atoms with E-state index < -0.39 is 17.4 Å². The number of aromatic carboxylic acids is 1. The van der Waals surface area contributed by atoms with Gasteiger partial charge in [-0.2, -0.15) is 0 Å². The number of hydrogen-bond acceptors (Lipinski definition) is 3. The van der Waals surface area contributed by atoms with Crippen LogP contribution in [0.25, 0.3) is 5.57 Å². The summed E-state index contributed by atoms with van der Waals surface area (Å²) in [6, 6.07) is 13.4. The zero-order valence-corrected chi connectivity index (χ0v) is 13.3. The van der Waals surface area contributed by atoms with Crippen LogP contribution in [-0.4, -0.2) is 22.2 Å². The second-order valence-corrected chi connectivity index (χ2v) is 5.94. The van der Waals surface area contributed by atoms with Gasteiger partial charge in [0.1, 0.15) is 5.41 Å². The smallest absolute Gasteiger partial charge is 0.335 e. The predicted molar refractivity (Wildman–Crippen MR) is 95.3 cm³/mol. The van der Waals surface area contributed by atoms with Crippen molar-refractivity contribution in [3.63, 3.8) is 0 Å². The summed E-state index contributed by atoms with van der Waals surface area (Å²) >= 11 is 0. The number of carbonyl (C=O) groups is 2. The van der Waals surface area contributed by atoms with Gasteiger partial charge in [-0.3, -0.25) is 4.79 Å². The van der Waals surface area contributed by atoms with Gasteiger partial charge in [-0.05, 0) is 35.8 Å². The van der Waals surface area contributed by atoms with Gasteiger partial charge in [0.2, 0.25) is 0 Å². The Balaban J connectivity index is 1.97. The molecule has 0 aromatic heterocycles. The Morgan fingerprint density at radius 3 is 2.20 bits per heavy atom. The topological polar surface area (TPSA) is 101 Å². The quantitative estimate of drug-likeness (QED) is 0.744. The highest BCUT2D eigenvalue weighted by molar-refractivity contribution is 5.91. The molecule has 0 heterocycles. The number of allylic oxidation sites excluding steroid dienone is 3. The van der Waals surface area contributed by atoms with Crippen molar-refractivity contribution >= 4 is 23.2 Å². The fraction of sp³-hybridized carbons (Fsp3) is 0.100. The van der Waals surface area contributed by atoms with Gasteiger partial charge in [0.25, 0.3) is 0 Å². The molecular weight excluding hydrogens is 318 g/mol. The summed E-state index contributed by atoms with van der Waals surface area (Å²) in [7, 11) is 0. The summed E-state index contributed by atoms with van der Waals surface area (Å²) in [6.45, 7) is 0. The number of nitrogens with two attached hydrogens (primary N) is 1. The fourth-order valence-electron chi connectivity index (χ4n) is 3.01. The largest absolute Gasteiger partial charge is 0.480 e. The summed E-state index contributed by atoms with van der Waals surface area (Å²) < 4.78 is 0. The van der Waals surface area contributed by atoms with Crippen LogP contribution >= 0.6 is 0 Å².